The first-order valence-electron chi connectivity index (χ1n) is 6.29. The summed E-state index contributed by atoms with van der Waals surface area (Å²) in [5.74, 6) is 1.55. The Morgan fingerprint density at radius 2 is 2.14 bits per heavy atom. The zero-order chi connectivity index (χ0) is 14.7. The number of hydrogen-bond acceptors (Lipinski definition) is 7. The molecule has 0 fully saturated rings. The molecule has 7 nitrogen and oxygen atoms in total. The Kier molecular flexibility index (Phi) is 3.55. The zero-order valence-corrected chi connectivity index (χ0v) is 11.3. The molecule has 0 spiro atoms. The third-order valence-electron chi connectivity index (χ3n) is 2.96. The van der Waals surface area contributed by atoms with Gasteiger partial charge in [-0.3, -0.25) is 0 Å². The second-order valence-corrected chi connectivity index (χ2v) is 4.32. The van der Waals surface area contributed by atoms with Crippen LogP contribution in [0.3, 0.4) is 0 Å². The van der Waals surface area contributed by atoms with Gasteiger partial charge in [0, 0.05) is 6.54 Å². The molecule has 0 aliphatic carbocycles. The molecule has 7 heteroatoms. The van der Waals surface area contributed by atoms with Crippen molar-refractivity contribution >= 4 is 11.8 Å². The van der Waals surface area contributed by atoms with Crippen molar-refractivity contribution in [2.45, 2.75) is 6.54 Å². The van der Waals surface area contributed by atoms with E-state index in [-0.39, 0.29) is 12.5 Å². The van der Waals surface area contributed by atoms with Gasteiger partial charge in [0.05, 0.1) is 19.5 Å². The number of hydrogen-bond donors (Lipinski definition) is 1. The fourth-order valence-corrected chi connectivity index (χ4v) is 1.87. The summed E-state index contributed by atoms with van der Waals surface area (Å²) in [5.41, 5.74) is 1.20. The summed E-state index contributed by atoms with van der Waals surface area (Å²) in [5, 5.41) is 3.11. The predicted molar refractivity (Wildman–Crippen MR) is 73.3 cm³/mol. The number of nitrogens with zero attached hydrogens (tertiary/aromatic N) is 2. The molecule has 0 saturated heterocycles. The zero-order valence-electron chi connectivity index (χ0n) is 11.3. The molecule has 2 heterocycles. The number of ether oxygens (including phenoxy) is 3. The molecular formula is C14H13N3O4. The van der Waals surface area contributed by atoms with E-state index < -0.39 is 5.97 Å². The van der Waals surface area contributed by atoms with Crippen LogP contribution in [0.2, 0.25) is 0 Å². The van der Waals surface area contributed by atoms with Gasteiger partial charge in [0.15, 0.2) is 17.2 Å². The summed E-state index contributed by atoms with van der Waals surface area (Å²) in [6.07, 6.45) is 2.85. The molecule has 21 heavy (non-hydrogen) atoms. The lowest BCUT2D eigenvalue weighted by molar-refractivity contribution is 0.0593. The number of nitrogens with one attached hydrogen (secondary N) is 1. The molecular weight excluding hydrogens is 274 g/mol. The Hall–Kier alpha value is -2.83. The number of rotatable bonds is 4. The average Bonchev–Trinajstić information content (AvgIpc) is 3.00. The van der Waals surface area contributed by atoms with Gasteiger partial charge in [-0.05, 0) is 17.7 Å². The number of anilines is 1. The van der Waals surface area contributed by atoms with Crippen LogP contribution in [0.15, 0.2) is 30.6 Å². The minimum Gasteiger partial charge on any atom is -0.464 e. The molecule has 1 N–H and O–H groups in total. The summed E-state index contributed by atoms with van der Waals surface area (Å²) >= 11 is 0. The monoisotopic (exact) mass is 287 g/mol. The molecule has 1 aliphatic heterocycles. The molecule has 1 aliphatic rings. The highest BCUT2D eigenvalue weighted by Crippen LogP contribution is 2.32. The van der Waals surface area contributed by atoms with Crippen molar-refractivity contribution in [1.29, 1.82) is 0 Å². The van der Waals surface area contributed by atoms with Crippen LogP contribution < -0.4 is 14.8 Å². The van der Waals surface area contributed by atoms with Gasteiger partial charge in [0.2, 0.25) is 6.79 Å². The van der Waals surface area contributed by atoms with Gasteiger partial charge in [-0.2, -0.15) is 0 Å². The summed E-state index contributed by atoms with van der Waals surface area (Å²) in [4.78, 5) is 19.3. The third-order valence-corrected chi connectivity index (χ3v) is 2.96. The molecule has 0 atom stereocenters. The number of esters is 1. The third kappa shape index (κ3) is 2.86. The standard InChI is InChI=1S/C14H13N3O4/c1-19-14(18)10-6-17-13(7-15-10)16-5-9-2-3-11-12(4-9)21-8-20-11/h2-4,6-7H,5,8H2,1H3,(H,16,17). The topological polar surface area (TPSA) is 82.6 Å². The number of aromatic nitrogens is 2. The lowest BCUT2D eigenvalue weighted by atomic mass is 10.2. The van der Waals surface area contributed by atoms with Crippen LogP contribution in [0.1, 0.15) is 16.1 Å². The smallest absolute Gasteiger partial charge is 0.358 e. The molecule has 108 valence electrons. The Bertz CT molecular complexity index is 658. The normalized spacial score (nSPS) is 12.0. The lowest BCUT2D eigenvalue weighted by Gasteiger charge is -2.06. The Morgan fingerprint density at radius 3 is 2.90 bits per heavy atom. The van der Waals surface area contributed by atoms with Crippen molar-refractivity contribution in [3.63, 3.8) is 0 Å². The van der Waals surface area contributed by atoms with Crippen molar-refractivity contribution in [2.75, 3.05) is 19.2 Å². The maximum absolute atomic E-state index is 11.2. The highest BCUT2D eigenvalue weighted by Gasteiger charge is 2.13. The highest BCUT2D eigenvalue weighted by atomic mass is 16.7. The van der Waals surface area contributed by atoms with E-state index >= 15 is 0 Å². The fraction of sp³-hybridized carbons (Fsp3) is 0.214. The summed E-state index contributed by atoms with van der Waals surface area (Å²) in [6.45, 7) is 0.815. The van der Waals surface area contributed by atoms with E-state index in [0.29, 0.717) is 12.4 Å². The summed E-state index contributed by atoms with van der Waals surface area (Å²) in [6, 6.07) is 5.72. The van der Waals surface area contributed by atoms with Gasteiger partial charge >= 0.3 is 5.97 Å². The van der Waals surface area contributed by atoms with Crippen LogP contribution in [0.25, 0.3) is 0 Å². The van der Waals surface area contributed by atoms with Crippen molar-refractivity contribution in [2.24, 2.45) is 0 Å². The lowest BCUT2D eigenvalue weighted by Crippen LogP contribution is -2.07. The van der Waals surface area contributed by atoms with E-state index in [1.807, 2.05) is 18.2 Å². The molecule has 0 radical (unpaired) electrons. The average molecular weight is 287 g/mol. The van der Waals surface area contributed by atoms with Crippen molar-refractivity contribution < 1.29 is 19.0 Å². The van der Waals surface area contributed by atoms with E-state index in [1.165, 1.54) is 19.5 Å². The number of carbonyl (C=O) groups is 1. The SMILES string of the molecule is COC(=O)c1cnc(NCc2ccc3c(c2)OCO3)cn1. The van der Waals surface area contributed by atoms with Crippen LogP contribution in [-0.2, 0) is 11.3 Å². The van der Waals surface area contributed by atoms with Crippen molar-refractivity contribution in [3.8, 4) is 11.5 Å². The van der Waals surface area contributed by atoms with Crippen molar-refractivity contribution in [1.82, 2.24) is 9.97 Å². The Labute approximate surface area is 120 Å². The van der Waals surface area contributed by atoms with Crippen LogP contribution in [0.5, 0.6) is 11.5 Å². The second kappa shape index (κ2) is 5.66. The maximum Gasteiger partial charge on any atom is 0.358 e. The quantitative estimate of drug-likeness (QED) is 0.855. The van der Waals surface area contributed by atoms with Crippen molar-refractivity contribution in [3.05, 3.63) is 41.9 Å². The Morgan fingerprint density at radius 1 is 1.29 bits per heavy atom. The minimum absolute atomic E-state index is 0.172. The van der Waals surface area contributed by atoms with Crippen LogP contribution >= 0.6 is 0 Å². The predicted octanol–water partition coefficient (Wildman–Crippen LogP) is 1.60. The molecule has 0 unspecified atom stereocenters. The second-order valence-electron chi connectivity index (χ2n) is 4.32. The van der Waals surface area contributed by atoms with E-state index in [9.17, 15) is 4.79 Å². The molecule has 3 rings (SSSR count). The van der Waals surface area contributed by atoms with Gasteiger partial charge in [-0.15, -0.1) is 0 Å². The van der Waals surface area contributed by atoms with Crippen LogP contribution in [0, 0.1) is 0 Å². The number of benzene rings is 1. The van der Waals surface area contributed by atoms with E-state index in [0.717, 1.165) is 17.1 Å². The van der Waals surface area contributed by atoms with E-state index in [1.54, 1.807) is 0 Å². The largest absolute Gasteiger partial charge is 0.464 e. The molecule has 1 aromatic carbocycles. The Balaban J connectivity index is 1.63. The number of carbonyl (C=O) groups excluding carboxylic acids is 1. The summed E-state index contributed by atoms with van der Waals surface area (Å²) < 4.78 is 15.1. The van der Waals surface area contributed by atoms with Gasteiger partial charge < -0.3 is 19.5 Å². The highest BCUT2D eigenvalue weighted by molar-refractivity contribution is 5.86. The molecule has 1 aromatic heterocycles. The van der Waals surface area contributed by atoms with Gasteiger partial charge in [-0.1, -0.05) is 6.07 Å². The maximum atomic E-state index is 11.2. The van der Waals surface area contributed by atoms with Gasteiger partial charge in [0.25, 0.3) is 0 Å². The van der Waals surface area contributed by atoms with Gasteiger partial charge in [0.1, 0.15) is 5.82 Å². The fourth-order valence-electron chi connectivity index (χ4n) is 1.87. The molecule has 0 amide bonds. The summed E-state index contributed by atoms with van der Waals surface area (Å²) in [7, 11) is 1.30. The van der Waals surface area contributed by atoms with E-state index in [2.05, 4.69) is 20.0 Å². The van der Waals surface area contributed by atoms with Gasteiger partial charge in [-0.25, -0.2) is 14.8 Å². The molecule has 0 saturated carbocycles. The molecule has 2 aromatic rings. The first-order valence-corrected chi connectivity index (χ1v) is 6.29. The molecule has 0 bridgehead atoms. The van der Waals surface area contributed by atoms with E-state index in [4.69, 9.17) is 9.47 Å². The first kappa shape index (κ1) is 13.2. The minimum atomic E-state index is -0.509. The number of fused-ring (bicyclic) bond motifs is 1. The first-order chi connectivity index (χ1) is 10.3. The number of methoxy groups -OCH3 is 1. The van der Waals surface area contributed by atoms with Crippen LogP contribution in [-0.4, -0.2) is 29.8 Å². The van der Waals surface area contributed by atoms with Crippen LogP contribution in [0.4, 0.5) is 5.82 Å².